The van der Waals surface area contributed by atoms with Crippen molar-refractivity contribution in [1.82, 2.24) is 20.0 Å². The summed E-state index contributed by atoms with van der Waals surface area (Å²) in [5.41, 5.74) is 1.85. The van der Waals surface area contributed by atoms with Gasteiger partial charge in [0.05, 0.1) is 11.9 Å². The van der Waals surface area contributed by atoms with Crippen LogP contribution >= 0.6 is 11.6 Å². The molecule has 0 spiro atoms. The highest BCUT2D eigenvalue weighted by molar-refractivity contribution is 6.30. The molecule has 8 heteroatoms. The Kier molecular flexibility index (Phi) is 5.93. The van der Waals surface area contributed by atoms with Gasteiger partial charge in [0.25, 0.3) is 0 Å². The molecule has 1 aromatic carbocycles. The summed E-state index contributed by atoms with van der Waals surface area (Å²) >= 11 is 6.14. The number of benzene rings is 1. The van der Waals surface area contributed by atoms with Gasteiger partial charge in [0.1, 0.15) is 6.54 Å². The zero-order chi connectivity index (χ0) is 20.3. The minimum absolute atomic E-state index is 0.0382. The fourth-order valence-corrected chi connectivity index (χ4v) is 3.51. The number of hydrogen-bond donors (Lipinski definition) is 1. The van der Waals surface area contributed by atoms with Gasteiger partial charge in [-0.15, -0.1) is 0 Å². The first-order valence-corrected chi connectivity index (χ1v) is 9.68. The Morgan fingerprint density at radius 3 is 2.75 bits per heavy atom. The smallest absolute Gasteiger partial charge is 0.246 e. The third-order valence-electron chi connectivity index (χ3n) is 5.03. The van der Waals surface area contributed by atoms with Crippen LogP contribution in [0.3, 0.4) is 0 Å². The van der Waals surface area contributed by atoms with Crippen LogP contribution in [0, 0.1) is 0 Å². The number of carbonyl (C=O) groups excluding carboxylic acids is 1. The molecule has 0 saturated carbocycles. The molecule has 1 N–H and O–H groups in total. The highest BCUT2D eigenvalue weighted by atomic mass is 35.5. The van der Waals surface area contributed by atoms with Crippen LogP contribution in [-0.2, 0) is 17.3 Å². The third kappa shape index (κ3) is 4.47. The number of hydrogen-bond acceptors (Lipinski definition) is 3. The Labute approximate surface area is 171 Å². The van der Waals surface area contributed by atoms with Crippen LogP contribution in [0.5, 0.6) is 0 Å². The molecule has 1 aliphatic rings. The van der Waals surface area contributed by atoms with Gasteiger partial charge in [0.2, 0.25) is 5.91 Å². The predicted molar refractivity (Wildman–Crippen MR) is 113 cm³/mol. The summed E-state index contributed by atoms with van der Waals surface area (Å²) in [4.78, 5) is 20.8. The van der Waals surface area contributed by atoms with Crippen molar-refractivity contribution in [3.63, 3.8) is 0 Å². The number of rotatable bonds is 4. The van der Waals surface area contributed by atoms with Crippen LogP contribution < -0.4 is 10.2 Å². The van der Waals surface area contributed by atoms with Gasteiger partial charge in [-0.1, -0.05) is 37.6 Å². The summed E-state index contributed by atoms with van der Waals surface area (Å²) in [6, 6.07) is 7.90. The fraction of sp³-hybridized carbons (Fsp3) is 0.450. The highest BCUT2D eigenvalue weighted by Crippen LogP contribution is 2.25. The Hall–Kier alpha value is -2.54. The number of aryl methyl sites for hydroxylation is 1. The topological polar surface area (TPSA) is 65.8 Å². The summed E-state index contributed by atoms with van der Waals surface area (Å²) < 4.78 is 1.70. The number of piperazine rings is 1. The van der Waals surface area contributed by atoms with Crippen molar-refractivity contribution in [3.05, 3.63) is 47.2 Å². The van der Waals surface area contributed by atoms with E-state index >= 15 is 0 Å². The maximum Gasteiger partial charge on any atom is 0.246 e. The molecule has 7 nitrogen and oxygen atoms in total. The van der Waals surface area contributed by atoms with E-state index in [1.807, 2.05) is 36.3 Å². The first-order valence-electron chi connectivity index (χ1n) is 9.31. The second-order valence-corrected chi connectivity index (χ2v) is 8.07. The average molecular weight is 403 g/mol. The molecule has 0 aliphatic carbocycles. The number of aromatic nitrogens is 2. The standard InChI is InChI=1S/C20H27ClN6O/c1-20(2,15-6-5-7-16(21)10-15)14-23-19(22-3)26-8-9-27(18(28)13-26)17-11-24-25(4)12-17/h5-7,10-12H,8-9,13-14H2,1-4H3,(H,22,23). The van der Waals surface area contributed by atoms with Gasteiger partial charge in [-0.3, -0.25) is 14.5 Å². The van der Waals surface area contributed by atoms with E-state index in [1.54, 1.807) is 22.8 Å². The molecule has 1 fully saturated rings. The van der Waals surface area contributed by atoms with Crippen molar-refractivity contribution in [2.45, 2.75) is 19.3 Å². The molecule has 1 saturated heterocycles. The maximum atomic E-state index is 12.6. The molecule has 150 valence electrons. The van der Waals surface area contributed by atoms with Gasteiger partial charge in [0.15, 0.2) is 5.96 Å². The normalized spacial score (nSPS) is 15.9. The van der Waals surface area contributed by atoms with Crippen molar-refractivity contribution in [2.75, 3.05) is 38.1 Å². The van der Waals surface area contributed by atoms with Crippen LogP contribution in [0.1, 0.15) is 19.4 Å². The number of nitrogens with zero attached hydrogens (tertiary/aromatic N) is 5. The third-order valence-corrected chi connectivity index (χ3v) is 5.26. The van der Waals surface area contributed by atoms with E-state index in [9.17, 15) is 4.79 Å². The lowest BCUT2D eigenvalue weighted by Gasteiger charge is -2.36. The van der Waals surface area contributed by atoms with Crippen molar-refractivity contribution in [1.29, 1.82) is 0 Å². The molecular formula is C20H27ClN6O. The lowest BCUT2D eigenvalue weighted by atomic mass is 9.84. The molecule has 0 unspecified atom stereocenters. The SMILES string of the molecule is CN=C(NCC(C)(C)c1cccc(Cl)c1)N1CCN(c2cnn(C)c2)C(=O)C1. The first kappa shape index (κ1) is 20.2. The largest absolute Gasteiger partial charge is 0.355 e. The van der Waals surface area contributed by atoms with Gasteiger partial charge < -0.3 is 15.1 Å². The summed E-state index contributed by atoms with van der Waals surface area (Å²) in [6.45, 7) is 6.58. The van der Waals surface area contributed by atoms with Gasteiger partial charge in [-0.05, 0) is 17.7 Å². The molecule has 1 aliphatic heterocycles. The molecule has 28 heavy (non-hydrogen) atoms. The summed E-state index contributed by atoms with van der Waals surface area (Å²) in [5, 5.41) is 8.30. The quantitative estimate of drug-likeness (QED) is 0.629. The monoisotopic (exact) mass is 402 g/mol. The molecular weight excluding hydrogens is 376 g/mol. The van der Waals surface area contributed by atoms with E-state index < -0.39 is 0 Å². The number of nitrogens with one attached hydrogen (secondary N) is 1. The Morgan fingerprint density at radius 2 is 2.14 bits per heavy atom. The van der Waals surface area contributed by atoms with Gasteiger partial charge in [-0.2, -0.15) is 5.10 Å². The van der Waals surface area contributed by atoms with Crippen LogP contribution in [0.15, 0.2) is 41.7 Å². The van der Waals surface area contributed by atoms with Crippen LogP contribution in [-0.4, -0.2) is 59.8 Å². The second kappa shape index (κ2) is 8.22. The van der Waals surface area contributed by atoms with Crippen molar-refractivity contribution >= 4 is 29.2 Å². The second-order valence-electron chi connectivity index (χ2n) is 7.63. The van der Waals surface area contributed by atoms with Crippen molar-refractivity contribution < 1.29 is 4.79 Å². The number of carbonyl (C=O) groups is 1. The average Bonchev–Trinajstić information content (AvgIpc) is 3.08. The van der Waals surface area contributed by atoms with Gasteiger partial charge in [-0.25, -0.2) is 0 Å². The zero-order valence-electron chi connectivity index (χ0n) is 16.8. The predicted octanol–water partition coefficient (Wildman–Crippen LogP) is 2.28. The molecule has 2 heterocycles. The van der Waals surface area contributed by atoms with E-state index in [-0.39, 0.29) is 17.9 Å². The number of aliphatic imine (C=N–C) groups is 1. The Balaban J connectivity index is 1.62. The van der Waals surface area contributed by atoms with Gasteiger partial charge >= 0.3 is 0 Å². The number of amides is 1. The van der Waals surface area contributed by atoms with E-state index in [2.05, 4.69) is 35.3 Å². The lowest BCUT2D eigenvalue weighted by Crippen LogP contribution is -2.56. The van der Waals surface area contributed by atoms with E-state index in [1.165, 1.54) is 0 Å². The molecule has 0 bridgehead atoms. The summed E-state index contributed by atoms with van der Waals surface area (Å²) in [6.07, 6.45) is 3.57. The summed E-state index contributed by atoms with van der Waals surface area (Å²) in [5.74, 6) is 0.769. The number of anilines is 1. The van der Waals surface area contributed by atoms with Crippen LogP contribution in [0.2, 0.25) is 5.02 Å². The van der Waals surface area contributed by atoms with Crippen LogP contribution in [0.25, 0.3) is 0 Å². The molecule has 1 amide bonds. The number of guanidine groups is 1. The van der Waals surface area contributed by atoms with Crippen molar-refractivity contribution in [3.8, 4) is 0 Å². The zero-order valence-corrected chi connectivity index (χ0v) is 17.6. The van der Waals surface area contributed by atoms with E-state index in [4.69, 9.17) is 11.6 Å². The minimum atomic E-state index is -0.137. The Bertz CT molecular complexity index is 875. The van der Waals surface area contributed by atoms with E-state index in [0.717, 1.165) is 22.2 Å². The maximum absolute atomic E-state index is 12.6. The molecule has 0 radical (unpaired) electrons. The first-order chi connectivity index (χ1) is 13.3. The Morgan fingerprint density at radius 1 is 1.36 bits per heavy atom. The van der Waals surface area contributed by atoms with Gasteiger partial charge in [0, 0.05) is 50.4 Å². The fourth-order valence-electron chi connectivity index (χ4n) is 3.32. The minimum Gasteiger partial charge on any atom is -0.355 e. The summed E-state index contributed by atoms with van der Waals surface area (Å²) in [7, 11) is 3.59. The molecule has 2 aromatic rings. The van der Waals surface area contributed by atoms with Crippen LogP contribution in [0.4, 0.5) is 5.69 Å². The molecule has 1 aromatic heterocycles. The van der Waals surface area contributed by atoms with E-state index in [0.29, 0.717) is 19.6 Å². The highest BCUT2D eigenvalue weighted by Gasteiger charge is 2.29. The number of halogens is 1. The molecule has 3 rings (SSSR count). The lowest BCUT2D eigenvalue weighted by molar-refractivity contribution is -0.120. The van der Waals surface area contributed by atoms with Crippen molar-refractivity contribution in [2.24, 2.45) is 12.0 Å². The molecule has 0 atom stereocenters.